The molecule has 212 valence electrons. The lowest BCUT2D eigenvalue weighted by molar-refractivity contribution is -0.116. The molecular formula is C33H57NO3. The molecule has 1 unspecified atom stereocenters. The van der Waals surface area contributed by atoms with E-state index in [1.807, 2.05) is 24.3 Å². The molecule has 4 nitrogen and oxygen atoms in total. The monoisotopic (exact) mass is 515 g/mol. The molecule has 1 atom stereocenters. The van der Waals surface area contributed by atoms with Crippen molar-refractivity contribution >= 4 is 11.6 Å². The van der Waals surface area contributed by atoms with Gasteiger partial charge in [-0.1, -0.05) is 129 Å². The highest BCUT2D eigenvalue weighted by Gasteiger charge is 2.16. The molecule has 4 heteroatoms. The summed E-state index contributed by atoms with van der Waals surface area (Å²) in [5.41, 5.74) is 0.813. The number of hydrogen-bond acceptors (Lipinski definition) is 3. The lowest BCUT2D eigenvalue weighted by Gasteiger charge is -2.12. The van der Waals surface area contributed by atoms with Crippen LogP contribution in [0.1, 0.15) is 148 Å². The molecule has 1 saturated heterocycles. The molecule has 1 aromatic rings. The predicted octanol–water partition coefficient (Wildman–Crippen LogP) is 10.0. The molecule has 1 N–H and O–H groups in total. The van der Waals surface area contributed by atoms with E-state index in [1.54, 1.807) is 0 Å². The SMILES string of the molecule is CCCCCCCCCCCCCCCCCCCCCC(=O)Nc1cccc(OCC2CCCO2)c1. The summed E-state index contributed by atoms with van der Waals surface area (Å²) in [6.07, 6.45) is 29.0. The first-order valence-electron chi connectivity index (χ1n) is 15.9. The summed E-state index contributed by atoms with van der Waals surface area (Å²) in [6.45, 7) is 3.71. The van der Waals surface area contributed by atoms with Gasteiger partial charge >= 0.3 is 0 Å². The minimum absolute atomic E-state index is 0.100. The molecule has 0 aliphatic carbocycles. The van der Waals surface area contributed by atoms with Crippen molar-refractivity contribution < 1.29 is 14.3 Å². The first-order valence-corrected chi connectivity index (χ1v) is 15.9. The van der Waals surface area contributed by atoms with Crippen LogP contribution >= 0.6 is 0 Å². The number of unbranched alkanes of at least 4 members (excludes halogenated alkanes) is 18. The van der Waals surface area contributed by atoms with Crippen molar-refractivity contribution in [3.8, 4) is 5.75 Å². The number of carbonyl (C=O) groups is 1. The molecule has 2 rings (SSSR count). The molecule has 37 heavy (non-hydrogen) atoms. The number of benzene rings is 1. The van der Waals surface area contributed by atoms with E-state index in [0.717, 1.165) is 43.7 Å². The van der Waals surface area contributed by atoms with Crippen molar-refractivity contribution in [3.63, 3.8) is 0 Å². The fourth-order valence-corrected chi connectivity index (χ4v) is 5.22. The minimum Gasteiger partial charge on any atom is -0.491 e. The lowest BCUT2D eigenvalue weighted by atomic mass is 10.0. The number of nitrogens with one attached hydrogen (secondary N) is 1. The summed E-state index contributed by atoms with van der Waals surface area (Å²) in [5, 5.41) is 3.02. The molecule has 1 amide bonds. The highest BCUT2D eigenvalue weighted by Crippen LogP contribution is 2.20. The van der Waals surface area contributed by atoms with E-state index in [0.29, 0.717) is 13.0 Å². The van der Waals surface area contributed by atoms with Crippen molar-refractivity contribution in [1.82, 2.24) is 0 Å². The highest BCUT2D eigenvalue weighted by atomic mass is 16.5. The highest BCUT2D eigenvalue weighted by molar-refractivity contribution is 5.90. The molecule has 0 aromatic heterocycles. The molecule has 1 fully saturated rings. The van der Waals surface area contributed by atoms with E-state index < -0.39 is 0 Å². The van der Waals surface area contributed by atoms with Crippen LogP contribution in [0.25, 0.3) is 0 Å². The number of amides is 1. The van der Waals surface area contributed by atoms with Gasteiger partial charge in [0.15, 0.2) is 0 Å². The molecular weight excluding hydrogens is 458 g/mol. The first-order chi connectivity index (χ1) is 18.3. The molecule has 1 aliphatic heterocycles. The van der Waals surface area contributed by atoms with Crippen molar-refractivity contribution in [2.24, 2.45) is 0 Å². The van der Waals surface area contributed by atoms with Crippen LogP contribution in [0.2, 0.25) is 0 Å². The fourth-order valence-electron chi connectivity index (χ4n) is 5.22. The summed E-state index contributed by atoms with van der Waals surface area (Å²) < 4.78 is 11.4. The third kappa shape index (κ3) is 17.6. The van der Waals surface area contributed by atoms with E-state index in [2.05, 4.69) is 12.2 Å². The maximum absolute atomic E-state index is 12.3. The zero-order valence-corrected chi connectivity index (χ0v) is 24.1. The Labute approximate surface area is 228 Å². The van der Waals surface area contributed by atoms with Crippen LogP contribution in [0.15, 0.2) is 24.3 Å². The van der Waals surface area contributed by atoms with E-state index in [9.17, 15) is 4.79 Å². The van der Waals surface area contributed by atoms with Gasteiger partial charge in [-0.25, -0.2) is 0 Å². The number of anilines is 1. The molecule has 1 aliphatic rings. The summed E-state index contributed by atoms with van der Waals surface area (Å²) in [4.78, 5) is 12.3. The Bertz CT molecular complexity index is 671. The predicted molar refractivity (Wildman–Crippen MR) is 158 cm³/mol. The average molecular weight is 516 g/mol. The summed E-state index contributed by atoms with van der Waals surface area (Å²) in [6, 6.07) is 7.69. The Morgan fingerprint density at radius 1 is 0.811 bits per heavy atom. The summed E-state index contributed by atoms with van der Waals surface area (Å²) >= 11 is 0. The fraction of sp³-hybridized carbons (Fsp3) is 0.788. The second-order valence-electron chi connectivity index (χ2n) is 11.1. The molecule has 0 radical (unpaired) electrons. The van der Waals surface area contributed by atoms with Crippen LogP contribution in [-0.4, -0.2) is 25.2 Å². The van der Waals surface area contributed by atoms with Gasteiger partial charge in [0, 0.05) is 24.8 Å². The van der Waals surface area contributed by atoms with E-state index in [-0.39, 0.29) is 12.0 Å². The van der Waals surface area contributed by atoms with Crippen LogP contribution in [0.3, 0.4) is 0 Å². The van der Waals surface area contributed by atoms with Crippen molar-refractivity contribution in [1.29, 1.82) is 0 Å². The van der Waals surface area contributed by atoms with Crippen LogP contribution in [0.5, 0.6) is 5.75 Å². The molecule has 1 aromatic carbocycles. The summed E-state index contributed by atoms with van der Waals surface area (Å²) in [7, 11) is 0. The molecule has 0 spiro atoms. The quantitative estimate of drug-likeness (QED) is 0.139. The van der Waals surface area contributed by atoms with Gasteiger partial charge < -0.3 is 14.8 Å². The topological polar surface area (TPSA) is 47.6 Å². The minimum atomic E-state index is 0.100. The maximum Gasteiger partial charge on any atom is 0.224 e. The van der Waals surface area contributed by atoms with Crippen LogP contribution in [0.4, 0.5) is 5.69 Å². The van der Waals surface area contributed by atoms with Crippen molar-refractivity contribution in [3.05, 3.63) is 24.3 Å². The van der Waals surface area contributed by atoms with Crippen LogP contribution in [-0.2, 0) is 9.53 Å². The Morgan fingerprint density at radius 3 is 1.86 bits per heavy atom. The Kier molecular flexibility index (Phi) is 19.2. The smallest absolute Gasteiger partial charge is 0.224 e. The first kappa shape index (κ1) is 31.7. The van der Waals surface area contributed by atoms with Crippen molar-refractivity contribution in [2.45, 2.75) is 154 Å². The van der Waals surface area contributed by atoms with Gasteiger partial charge in [0.25, 0.3) is 0 Å². The van der Waals surface area contributed by atoms with Gasteiger partial charge in [-0.2, -0.15) is 0 Å². The molecule has 1 heterocycles. The average Bonchev–Trinajstić information content (AvgIpc) is 3.43. The van der Waals surface area contributed by atoms with Crippen molar-refractivity contribution in [2.75, 3.05) is 18.5 Å². The summed E-state index contributed by atoms with van der Waals surface area (Å²) in [5.74, 6) is 0.889. The standard InChI is InChI=1S/C33H57NO3/c1-2-3-4-5-6-7-8-9-10-11-12-13-14-15-16-17-18-19-20-26-33(35)34-30-23-21-24-31(28-30)37-29-32-25-22-27-36-32/h21,23-24,28,32H,2-20,22,25-27,29H2,1H3,(H,34,35). The zero-order chi connectivity index (χ0) is 26.2. The van der Waals surface area contributed by atoms with Gasteiger partial charge in [-0.05, 0) is 31.4 Å². The normalized spacial score (nSPS) is 15.2. The zero-order valence-electron chi connectivity index (χ0n) is 24.1. The van der Waals surface area contributed by atoms with Gasteiger partial charge in [0.2, 0.25) is 5.91 Å². The number of carbonyl (C=O) groups excluding carboxylic acids is 1. The Morgan fingerprint density at radius 2 is 1.35 bits per heavy atom. The van der Waals surface area contributed by atoms with E-state index >= 15 is 0 Å². The largest absolute Gasteiger partial charge is 0.491 e. The number of rotatable bonds is 24. The Hall–Kier alpha value is -1.55. The third-order valence-corrected chi connectivity index (χ3v) is 7.59. The molecule has 0 saturated carbocycles. The maximum atomic E-state index is 12.3. The number of ether oxygens (including phenoxy) is 2. The second-order valence-corrected chi connectivity index (χ2v) is 11.1. The lowest BCUT2D eigenvalue weighted by Crippen LogP contribution is -2.16. The second kappa shape index (κ2) is 22.4. The van der Waals surface area contributed by atoms with Crippen LogP contribution in [0, 0.1) is 0 Å². The van der Waals surface area contributed by atoms with Gasteiger partial charge in [0.1, 0.15) is 12.4 Å². The van der Waals surface area contributed by atoms with Crippen LogP contribution < -0.4 is 10.1 Å². The van der Waals surface area contributed by atoms with E-state index in [1.165, 1.54) is 109 Å². The van der Waals surface area contributed by atoms with E-state index in [4.69, 9.17) is 9.47 Å². The van der Waals surface area contributed by atoms with Gasteiger partial charge in [0.05, 0.1) is 6.10 Å². The molecule has 0 bridgehead atoms. The number of hydrogen-bond donors (Lipinski definition) is 1. The third-order valence-electron chi connectivity index (χ3n) is 7.59. The van der Waals surface area contributed by atoms with Gasteiger partial charge in [-0.15, -0.1) is 0 Å². The Balaban J connectivity index is 1.33. The van der Waals surface area contributed by atoms with Gasteiger partial charge in [-0.3, -0.25) is 4.79 Å².